The topological polar surface area (TPSA) is 126 Å². The highest BCUT2D eigenvalue weighted by Crippen LogP contribution is 2.44. The molecule has 1 aliphatic heterocycles. The number of halogens is 5. The van der Waals surface area contributed by atoms with E-state index in [1.165, 1.54) is 6.07 Å². The number of methoxy groups -OCH3 is 1. The van der Waals surface area contributed by atoms with Crippen molar-refractivity contribution in [1.29, 1.82) is 0 Å². The molecule has 2 atom stereocenters. The number of imidazole rings is 2. The van der Waals surface area contributed by atoms with E-state index in [1.807, 2.05) is 0 Å². The summed E-state index contributed by atoms with van der Waals surface area (Å²) in [4.78, 5) is 12.3. The van der Waals surface area contributed by atoms with E-state index in [9.17, 15) is 12.8 Å². The number of hydrogen-bond acceptors (Lipinski definition) is 7. The number of allylic oxidation sites excluding steroid dienone is 1. The van der Waals surface area contributed by atoms with E-state index in [2.05, 4.69) is 34.6 Å². The average molecular weight is 685 g/mol. The molecule has 45 heavy (non-hydrogen) atoms. The first kappa shape index (κ1) is 33.0. The molecular weight excluding hydrogens is 656 g/mol. The number of nitrogens with two attached hydrogens (primary N) is 1. The number of sulfonamides is 1. The first-order valence-electron chi connectivity index (χ1n) is 13.5. The lowest BCUT2D eigenvalue weighted by molar-refractivity contribution is 0.0821. The van der Waals surface area contributed by atoms with Crippen LogP contribution in [0.1, 0.15) is 5.56 Å². The summed E-state index contributed by atoms with van der Waals surface area (Å²) in [6.45, 7) is 7.30. The number of hydrogen-bond donors (Lipinski definition) is 1. The van der Waals surface area contributed by atoms with Crippen LogP contribution >= 0.6 is 11.6 Å². The maximum Gasteiger partial charge on any atom is 0.227 e. The van der Waals surface area contributed by atoms with Crippen LogP contribution in [0.15, 0.2) is 53.7 Å². The predicted octanol–water partition coefficient (Wildman–Crippen LogP) is 5.64. The third-order valence-electron chi connectivity index (χ3n) is 7.36. The molecule has 1 aromatic carbocycles. The van der Waals surface area contributed by atoms with Gasteiger partial charge in [0.15, 0.2) is 16.8 Å². The van der Waals surface area contributed by atoms with Gasteiger partial charge >= 0.3 is 0 Å². The fourth-order valence-electron chi connectivity index (χ4n) is 5.09. The van der Waals surface area contributed by atoms with Gasteiger partial charge in [-0.05, 0) is 30.3 Å². The molecule has 0 bridgehead atoms. The summed E-state index contributed by atoms with van der Waals surface area (Å²) in [6, 6.07) is 4.90. The van der Waals surface area contributed by atoms with Crippen LogP contribution in [0.2, 0.25) is 30.8 Å². The van der Waals surface area contributed by atoms with E-state index in [0.717, 1.165) is 42.1 Å². The van der Waals surface area contributed by atoms with E-state index in [0.29, 0.717) is 18.9 Å². The Labute approximate surface area is 262 Å². The summed E-state index contributed by atoms with van der Waals surface area (Å²) >= 11 is 6.17. The van der Waals surface area contributed by atoms with Crippen LogP contribution in [0.25, 0.3) is 28.2 Å². The summed E-state index contributed by atoms with van der Waals surface area (Å²) in [5.74, 6) is -4.75. The standard InChI is InChI=1S/C28H29ClF4N6O4SSi/c1-42-27-28(44(34,40)41,11-16(30)12-35-27)18-6-7-19(31)22(23(18)32)17-5-8-20-24(36-14-39(20)25(17)33)26-37-21(29)13-38(26)15-43-9-10-45(2,3)4/h5-8,11-14,27H,9-10,15H2,1-4H3,(H2,34,40,41). The molecule has 240 valence electrons. The normalized spacial score (nSPS) is 19.0. The molecule has 2 N–H and O–H groups in total. The summed E-state index contributed by atoms with van der Waals surface area (Å²) in [5.41, 5.74) is -1.90. The lowest BCUT2D eigenvalue weighted by atomic mass is 9.90. The van der Waals surface area contributed by atoms with Crippen molar-refractivity contribution < 1.29 is 35.5 Å². The Morgan fingerprint density at radius 3 is 2.53 bits per heavy atom. The highest BCUT2D eigenvalue weighted by atomic mass is 35.5. The van der Waals surface area contributed by atoms with Crippen LogP contribution in [-0.4, -0.2) is 61.6 Å². The monoisotopic (exact) mass is 684 g/mol. The molecule has 4 aromatic rings. The fraction of sp³-hybridized carbons (Fsp3) is 0.321. The van der Waals surface area contributed by atoms with Crippen LogP contribution in [0.5, 0.6) is 0 Å². The molecule has 10 nitrogen and oxygen atoms in total. The molecule has 0 saturated carbocycles. The molecule has 0 spiro atoms. The quantitative estimate of drug-likeness (QED) is 0.0997. The number of pyridine rings is 1. The van der Waals surface area contributed by atoms with Crippen LogP contribution < -0.4 is 5.14 Å². The lowest BCUT2D eigenvalue weighted by Gasteiger charge is -2.35. The number of nitrogens with zero attached hydrogens (tertiary/aromatic N) is 5. The second-order valence-electron chi connectivity index (χ2n) is 11.6. The summed E-state index contributed by atoms with van der Waals surface area (Å²) in [6.07, 6.45) is 2.11. The Morgan fingerprint density at radius 2 is 1.87 bits per heavy atom. The molecule has 3 aromatic heterocycles. The number of rotatable bonds is 10. The van der Waals surface area contributed by atoms with Crippen molar-refractivity contribution in [2.45, 2.75) is 43.4 Å². The number of aromatic nitrogens is 4. The van der Waals surface area contributed by atoms with E-state index in [1.54, 1.807) is 10.8 Å². The molecule has 1 aliphatic rings. The van der Waals surface area contributed by atoms with Gasteiger partial charge in [-0.1, -0.05) is 37.3 Å². The second kappa shape index (κ2) is 12.1. The molecule has 17 heteroatoms. The Kier molecular flexibility index (Phi) is 8.84. The number of benzene rings is 1. The first-order valence-corrected chi connectivity index (χ1v) is 19.1. The first-order chi connectivity index (χ1) is 21.1. The van der Waals surface area contributed by atoms with Gasteiger partial charge in [0.1, 0.15) is 41.4 Å². The molecule has 0 aliphatic carbocycles. The van der Waals surface area contributed by atoms with Gasteiger partial charge in [0, 0.05) is 39.1 Å². The minimum absolute atomic E-state index is 0.107. The number of fused-ring (bicyclic) bond motifs is 1. The molecule has 0 amide bonds. The lowest BCUT2D eigenvalue weighted by Crippen LogP contribution is -2.50. The molecule has 5 rings (SSSR count). The number of aliphatic imine (C=N–C) groups is 1. The molecule has 0 saturated heterocycles. The molecule has 0 radical (unpaired) electrons. The van der Waals surface area contributed by atoms with Gasteiger partial charge in [-0.3, -0.25) is 9.39 Å². The van der Waals surface area contributed by atoms with Crippen molar-refractivity contribution >= 4 is 41.4 Å². The maximum absolute atomic E-state index is 16.3. The highest BCUT2D eigenvalue weighted by molar-refractivity contribution is 7.90. The largest absolute Gasteiger partial charge is 0.361 e. The van der Waals surface area contributed by atoms with Gasteiger partial charge in [0.2, 0.25) is 16.0 Å². The van der Waals surface area contributed by atoms with Crippen molar-refractivity contribution in [2.24, 2.45) is 10.1 Å². The minimum atomic E-state index is -4.91. The van der Waals surface area contributed by atoms with Crippen molar-refractivity contribution in [2.75, 3.05) is 13.7 Å². The second-order valence-corrected chi connectivity index (χ2v) is 19.4. The Morgan fingerprint density at radius 1 is 1.13 bits per heavy atom. The molecule has 4 heterocycles. The SMILES string of the molecule is COC1N=CC(F)=CC1(c1ccc(F)c(-c2ccc3c(-c4nc(Cl)cn4COCC[Si](C)(C)C)ncn3c2F)c1F)S(N)(=O)=O. The van der Waals surface area contributed by atoms with Gasteiger partial charge in [-0.25, -0.2) is 36.7 Å². The van der Waals surface area contributed by atoms with Crippen LogP contribution in [0.4, 0.5) is 17.6 Å². The number of ether oxygens (including phenoxy) is 2. The van der Waals surface area contributed by atoms with Gasteiger partial charge < -0.3 is 14.0 Å². The van der Waals surface area contributed by atoms with E-state index in [-0.39, 0.29) is 28.9 Å². The zero-order valence-electron chi connectivity index (χ0n) is 24.6. The van der Waals surface area contributed by atoms with Gasteiger partial charge in [-0.2, -0.15) is 4.39 Å². The minimum Gasteiger partial charge on any atom is -0.361 e. The molecule has 0 fully saturated rings. The third-order valence-corrected chi connectivity index (χ3v) is 10.7. The molecular formula is C28H29ClF4N6O4SSi. The summed E-state index contributed by atoms with van der Waals surface area (Å²) in [5, 5.41) is 5.62. The van der Waals surface area contributed by atoms with Gasteiger partial charge in [-0.15, -0.1) is 0 Å². The Balaban J connectivity index is 1.60. The predicted molar refractivity (Wildman–Crippen MR) is 164 cm³/mol. The number of dihydropyridines is 1. The van der Waals surface area contributed by atoms with E-state index < -0.39 is 69.2 Å². The van der Waals surface area contributed by atoms with Crippen molar-refractivity contribution in [3.05, 3.63) is 77.0 Å². The van der Waals surface area contributed by atoms with Crippen LogP contribution in [-0.2, 0) is 31.0 Å². The maximum atomic E-state index is 16.3. The van der Waals surface area contributed by atoms with Gasteiger partial charge in [0.05, 0.1) is 17.3 Å². The van der Waals surface area contributed by atoms with Crippen molar-refractivity contribution in [3.63, 3.8) is 0 Å². The highest BCUT2D eigenvalue weighted by Gasteiger charge is 2.53. The summed E-state index contributed by atoms with van der Waals surface area (Å²) < 4.78 is 98.6. The van der Waals surface area contributed by atoms with Crippen LogP contribution in [0, 0.1) is 17.6 Å². The third kappa shape index (κ3) is 5.97. The Bertz CT molecular complexity index is 1960. The average Bonchev–Trinajstić information content (AvgIpc) is 3.54. The Hall–Kier alpha value is -3.41. The zero-order valence-corrected chi connectivity index (χ0v) is 27.1. The molecule has 2 unspecified atom stereocenters. The van der Waals surface area contributed by atoms with Gasteiger partial charge in [0.25, 0.3) is 0 Å². The zero-order chi connectivity index (χ0) is 32.9. The van der Waals surface area contributed by atoms with Crippen molar-refractivity contribution in [1.82, 2.24) is 18.9 Å². The van der Waals surface area contributed by atoms with E-state index >= 15 is 13.2 Å². The van der Waals surface area contributed by atoms with Crippen molar-refractivity contribution in [3.8, 4) is 22.6 Å². The number of primary sulfonamides is 1. The van der Waals surface area contributed by atoms with E-state index in [4.69, 9.17) is 26.2 Å². The summed E-state index contributed by atoms with van der Waals surface area (Å²) in [7, 11) is -5.19. The smallest absolute Gasteiger partial charge is 0.227 e. The fourth-order valence-corrected chi connectivity index (χ4v) is 7.23. The van der Waals surface area contributed by atoms with Crippen LogP contribution in [0.3, 0.4) is 0 Å².